The average Bonchev–Trinajstić information content (AvgIpc) is 3.37. The number of benzene rings is 7. The first-order chi connectivity index (χ1) is 33.4. The number of carboxylic acids is 4. The van der Waals surface area contributed by atoms with E-state index in [0.717, 1.165) is 45.0 Å². The van der Waals surface area contributed by atoms with Crippen LogP contribution in [-0.2, 0) is 32.2 Å². The van der Waals surface area contributed by atoms with Gasteiger partial charge in [-0.2, -0.15) is 0 Å². The number of hydrogen-bond donors (Lipinski definition) is 5. The summed E-state index contributed by atoms with van der Waals surface area (Å²) in [7, 11) is 0. The number of ketones is 2. The third-order valence-electron chi connectivity index (χ3n) is 11.4. The van der Waals surface area contributed by atoms with E-state index in [1.807, 2.05) is 109 Å². The molecule has 11 heteroatoms. The zero-order chi connectivity index (χ0) is 51.3. The minimum atomic E-state index is -0.950. The van der Waals surface area contributed by atoms with Gasteiger partial charge in [0.05, 0.1) is 30.8 Å². The van der Waals surface area contributed by atoms with E-state index < -0.39 is 41.6 Å². The number of carbonyl (C=O) groups is 6. The normalized spacial score (nSPS) is 11.8. The van der Waals surface area contributed by atoms with Crippen LogP contribution < -0.4 is 0 Å². The van der Waals surface area contributed by atoms with Crippen LogP contribution in [0.3, 0.4) is 0 Å². The number of aliphatic hydroxyl groups is 1. The number of Topliss-reactive ketones (excluding diaryl/α,β-unsaturated/α-hetero) is 1. The molecule has 362 valence electrons. The van der Waals surface area contributed by atoms with E-state index in [0.29, 0.717) is 28.2 Å². The highest BCUT2D eigenvalue weighted by Crippen LogP contribution is 2.24. The predicted molar refractivity (Wildman–Crippen MR) is 272 cm³/mol. The van der Waals surface area contributed by atoms with Gasteiger partial charge in [-0.1, -0.05) is 172 Å². The lowest BCUT2D eigenvalue weighted by molar-refractivity contribution is -0.139. The molecule has 0 heterocycles. The van der Waals surface area contributed by atoms with Crippen molar-refractivity contribution in [1.82, 2.24) is 0 Å². The molecule has 0 spiro atoms. The second kappa shape index (κ2) is 27.1. The van der Waals surface area contributed by atoms with Crippen LogP contribution >= 0.6 is 0 Å². The SMILES string of the molecule is CC(C(=O)O)c1cccc(C(=O)c2ccccc2)c1.CC(C)Cc1ccc(C(C)C(=O)O)cc1.C[C@H](C(=O)O)c1ccc2cc(CO)ccc2c1.O=C(O)CCC(=O)c1ccc(-c2ccccc2)cc1. The van der Waals surface area contributed by atoms with Crippen molar-refractivity contribution in [2.45, 2.75) is 78.2 Å². The van der Waals surface area contributed by atoms with Gasteiger partial charge in [-0.15, -0.1) is 0 Å². The molecule has 2 unspecified atom stereocenters. The maximum absolute atomic E-state index is 12.2. The Bertz CT molecular complexity index is 2840. The fourth-order valence-electron chi connectivity index (χ4n) is 7.07. The second-order valence-electron chi connectivity index (χ2n) is 17.2. The van der Waals surface area contributed by atoms with Crippen molar-refractivity contribution in [2.75, 3.05) is 0 Å². The van der Waals surface area contributed by atoms with E-state index in [1.165, 1.54) is 5.56 Å². The van der Waals surface area contributed by atoms with Gasteiger partial charge in [-0.05, 0) is 95.0 Å². The molecular weight excluding hydrogens is 885 g/mol. The molecule has 0 saturated carbocycles. The Morgan fingerprint density at radius 1 is 0.414 bits per heavy atom. The molecule has 7 rings (SSSR count). The summed E-state index contributed by atoms with van der Waals surface area (Å²) < 4.78 is 0. The smallest absolute Gasteiger partial charge is 0.310 e. The van der Waals surface area contributed by atoms with E-state index in [2.05, 4.69) is 13.8 Å². The topological polar surface area (TPSA) is 204 Å². The first-order valence-electron chi connectivity index (χ1n) is 22.9. The van der Waals surface area contributed by atoms with Gasteiger partial charge in [-0.25, -0.2) is 0 Å². The van der Waals surface area contributed by atoms with Gasteiger partial charge in [0.15, 0.2) is 11.6 Å². The second-order valence-corrected chi connectivity index (χ2v) is 17.2. The number of fused-ring (bicyclic) bond motifs is 1. The van der Waals surface area contributed by atoms with Crippen LogP contribution in [0.1, 0.15) is 119 Å². The maximum Gasteiger partial charge on any atom is 0.310 e. The third-order valence-corrected chi connectivity index (χ3v) is 11.4. The summed E-state index contributed by atoms with van der Waals surface area (Å²) in [4.78, 5) is 67.0. The predicted octanol–water partition coefficient (Wildman–Crippen LogP) is 12.1. The number of aliphatic hydroxyl groups excluding tert-OH is 1. The molecule has 0 aliphatic rings. The lowest BCUT2D eigenvalue weighted by atomic mass is 9.96. The minimum absolute atomic E-state index is 0.0171. The van der Waals surface area contributed by atoms with Gasteiger partial charge < -0.3 is 25.5 Å². The minimum Gasteiger partial charge on any atom is -0.481 e. The zero-order valence-corrected chi connectivity index (χ0v) is 40.0. The highest BCUT2D eigenvalue weighted by atomic mass is 16.4. The molecule has 11 nitrogen and oxygen atoms in total. The monoisotopic (exact) mass is 944 g/mol. The van der Waals surface area contributed by atoms with Crippen molar-refractivity contribution < 1.29 is 54.3 Å². The molecule has 5 N–H and O–H groups in total. The number of aliphatic carboxylic acids is 4. The molecule has 0 aliphatic heterocycles. The van der Waals surface area contributed by atoms with Crippen molar-refractivity contribution in [3.63, 3.8) is 0 Å². The van der Waals surface area contributed by atoms with Crippen LogP contribution in [-0.4, -0.2) is 61.0 Å². The van der Waals surface area contributed by atoms with Crippen molar-refractivity contribution in [1.29, 1.82) is 0 Å². The number of rotatable bonds is 16. The van der Waals surface area contributed by atoms with Crippen LogP contribution in [0, 0.1) is 5.92 Å². The quantitative estimate of drug-likeness (QED) is 0.0577. The number of carboxylic acid groups (broad SMARTS) is 4. The molecule has 0 amide bonds. The lowest BCUT2D eigenvalue weighted by Crippen LogP contribution is -2.09. The summed E-state index contributed by atoms with van der Waals surface area (Å²) in [6.07, 6.45) is 0.959. The number of carbonyl (C=O) groups excluding carboxylic acids is 2. The molecule has 0 aromatic heterocycles. The van der Waals surface area contributed by atoms with Gasteiger partial charge in [0.2, 0.25) is 0 Å². The standard InChI is InChI=1S/2C16H14O3.C14H14O3.C13H18O2/c1-11(16(18)19)13-8-5-9-14(10-13)15(17)12-6-3-2-4-7-12;17-15(10-11-16(18)19)14-8-6-13(7-9-14)12-4-2-1-3-5-12;1-9(14(16)17)11-4-5-12-6-10(8-15)2-3-13(12)7-11;1-9(2)8-11-4-6-12(7-5-11)10(3)13(14)15/h2-11H,1H3,(H,18,19);1-9H,10-11H2,(H,18,19);2-7,9,15H,8H2,1H3,(H,16,17);4-7,9-10H,8H2,1-3H3,(H,14,15)/t;;9-;/m..0./s1. The van der Waals surface area contributed by atoms with Crippen molar-refractivity contribution in [2.24, 2.45) is 5.92 Å². The molecule has 0 radical (unpaired) electrons. The summed E-state index contributed by atoms with van der Waals surface area (Å²) in [5, 5.41) is 46.4. The molecule has 7 aromatic rings. The number of hydrogen-bond acceptors (Lipinski definition) is 7. The van der Waals surface area contributed by atoms with Gasteiger partial charge in [-0.3, -0.25) is 28.8 Å². The first kappa shape index (κ1) is 54.6. The van der Waals surface area contributed by atoms with E-state index in [1.54, 1.807) is 81.4 Å². The Morgan fingerprint density at radius 3 is 1.43 bits per heavy atom. The zero-order valence-electron chi connectivity index (χ0n) is 40.0. The van der Waals surface area contributed by atoms with E-state index in [4.69, 9.17) is 25.5 Å². The molecule has 0 saturated heterocycles. The van der Waals surface area contributed by atoms with Crippen LogP contribution in [0.4, 0.5) is 0 Å². The Hall–Kier alpha value is -8.02. The largest absolute Gasteiger partial charge is 0.481 e. The summed E-state index contributed by atoms with van der Waals surface area (Å²) in [6.45, 7) is 9.35. The van der Waals surface area contributed by atoms with Gasteiger partial charge in [0, 0.05) is 23.1 Å². The fraction of sp³-hybridized carbons (Fsp3) is 0.220. The van der Waals surface area contributed by atoms with Crippen LogP contribution in [0.15, 0.2) is 170 Å². The van der Waals surface area contributed by atoms with Crippen LogP contribution in [0.2, 0.25) is 0 Å². The Labute approximate surface area is 408 Å². The maximum atomic E-state index is 12.2. The molecule has 7 aromatic carbocycles. The fourth-order valence-corrected chi connectivity index (χ4v) is 7.07. The Balaban J connectivity index is 0.000000204. The average molecular weight is 945 g/mol. The van der Waals surface area contributed by atoms with E-state index in [9.17, 15) is 28.8 Å². The van der Waals surface area contributed by atoms with Crippen molar-refractivity contribution in [3.8, 4) is 11.1 Å². The molecule has 0 aliphatic carbocycles. The highest BCUT2D eigenvalue weighted by molar-refractivity contribution is 6.09. The summed E-state index contributed by atoms with van der Waals surface area (Å²) >= 11 is 0. The summed E-state index contributed by atoms with van der Waals surface area (Å²) in [5.41, 5.74) is 8.22. The molecule has 3 atom stereocenters. The van der Waals surface area contributed by atoms with Crippen molar-refractivity contribution >= 4 is 46.2 Å². The van der Waals surface area contributed by atoms with E-state index >= 15 is 0 Å². The lowest BCUT2D eigenvalue weighted by Gasteiger charge is -2.09. The van der Waals surface area contributed by atoms with Crippen molar-refractivity contribution in [3.05, 3.63) is 214 Å². The molecule has 0 fully saturated rings. The molecule has 70 heavy (non-hydrogen) atoms. The van der Waals surface area contributed by atoms with E-state index in [-0.39, 0.29) is 31.0 Å². The highest BCUT2D eigenvalue weighted by Gasteiger charge is 2.17. The summed E-state index contributed by atoms with van der Waals surface area (Å²) in [6, 6.07) is 52.0. The van der Waals surface area contributed by atoms with Gasteiger partial charge >= 0.3 is 23.9 Å². The van der Waals surface area contributed by atoms with Crippen LogP contribution in [0.25, 0.3) is 21.9 Å². The molecule has 0 bridgehead atoms. The van der Waals surface area contributed by atoms with Gasteiger partial charge in [0.1, 0.15) is 0 Å². The first-order valence-corrected chi connectivity index (χ1v) is 22.9. The Kier molecular flexibility index (Phi) is 21.1. The van der Waals surface area contributed by atoms with Gasteiger partial charge in [0.25, 0.3) is 0 Å². The molecular formula is C59H60O11. The Morgan fingerprint density at radius 2 is 0.886 bits per heavy atom. The summed E-state index contributed by atoms with van der Waals surface area (Å²) in [5.74, 6) is -4.59. The van der Waals surface area contributed by atoms with Crippen LogP contribution in [0.5, 0.6) is 0 Å². The third kappa shape index (κ3) is 16.9.